The summed E-state index contributed by atoms with van der Waals surface area (Å²) in [7, 11) is 0. The largest absolute Gasteiger partial charge is 0.341 e. The Morgan fingerprint density at radius 3 is 2.88 bits per heavy atom. The second kappa shape index (κ2) is 7.38. The minimum Gasteiger partial charge on any atom is -0.341 e. The van der Waals surface area contributed by atoms with Crippen LogP contribution in [-0.2, 0) is 4.79 Å². The Kier molecular flexibility index (Phi) is 5.02. The first kappa shape index (κ1) is 17.0. The molecule has 2 heterocycles. The van der Waals surface area contributed by atoms with E-state index in [0.717, 1.165) is 23.4 Å². The van der Waals surface area contributed by atoms with Gasteiger partial charge in [-0.15, -0.1) is 0 Å². The number of hydrogen-bond donors (Lipinski definition) is 2. The maximum Gasteiger partial charge on any atom is 0.319 e. The number of carbonyl (C=O) groups is 2. The molecule has 132 valence electrons. The number of benzene rings is 1. The number of aromatic nitrogens is 2. The van der Waals surface area contributed by atoms with Crippen molar-refractivity contribution in [1.29, 1.82) is 0 Å². The van der Waals surface area contributed by atoms with Crippen molar-refractivity contribution in [3.63, 3.8) is 0 Å². The number of hydrogen-bond acceptors (Lipinski definition) is 3. The van der Waals surface area contributed by atoms with E-state index in [2.05, 4.69) is 15.7 Å². The smallest absolute Gasteiger partial charge is 0.319 e. The zero-order valence-electron chi connectivity index (χ0n) is 14.5. The number of nitrogens with zero attached hydrogens (tertiary/aromatic N) is 3. The third-order valence-electron chi connectivity index (χ3n) is 4.41. The predicted molar refractivity (Wildman–Crippen MR) is 95.7 cm³/mol. The number of carbonyl (C=O) groups excluding carboxylic acids is 2. The van der Waals surface area contributed by atoms with Crippen molar-refractivity contribution in [3.05, 3.63) is 42.2 Å². The third kappa shape index (κ3) is 3.99. The standard InChI is InChI=1S/C18H23N5O2/c1-3-17(24)22-10-7-14(12-22)20-18(25)21-16-6-5-15(11-13(16)2)23-9-4-8-19-23/h4-6,8-9,11,14H,3,7,10,12H2,1-2H3,(H2,20,21,25)/t14-/m1/s1. The van der Waals surface area contributed by atoms with Gasteiger partial charge in [-0.3, -0.25) is 4.79 Å². The van der Waals surface area contributed by atoms with Crippen LogP contribution in [0.25, 0.3) is 5.69 Å². The molecule has 1 aromatic heterocycles. The average Bonchev–Trinajstić information content (AvgIpc) is 3.27. The van der Waals surface area contributed by atoms with Crippen molar-refractivity contribution >= 4 is 17.6 Å². The summed E-state index contributed by atoms with van der Waals surface area (Å²) in [6.07, 6.45) is 4.89. The van der Waals surface area contributed by atoms with Gasteiger partial charge in [-0.2, -0.15) is 5.10 Å². The minimum absolute atomic E-state index is 0.000784. The van der Waals surface area contributed by atoms with E-state index >= 15 is 0 Å². The molecule has 7 nitrogen and oxygen atoms in total. The average molecular weight is 341 g/mol. The van der Waals surface area contributed by atoms with Gasteiger partial charge in [-0.05, 0) is 43.2 Å². The molecular formula is C18H23N5O2. The van der Waals surface area contributed by atoms with Gasteiger partial charge in [-0.25, -0.2) is 9.48 Å². The van der Waals surface area contributed by atoms with Crippen molar-refractivity contribution in [3.8, 4) is 5.69 Å². The summed E-state index contributed by atoms with van der Waals surface area (Å²) in [5.41, 5.74) is 2.66. The molecule has 1 aromatic carbocycles. The van der Waals surface area contributed by atoms with Gasteiger partial charge in [-0.1, -0.05) is 6.92 Å². The van der Waals surface area contributed by atoms with Crippen LogP contribution in [0.5, 0.6) is 0 Å². The minimum atomic E-state index is -0.245. The molecule has 1 atom stereocenters. The fourth-order valence-electron chi connectivity index (χ4n) is 3.02. The highest BCUT2D eigenvalue weighted by atomic mass is 16.2. The molecule has 2 N–H and O–H groups in total. The van der Waals surface area contributed by atoms with E-state index in [0.29, 0.717) is 19.5 Å². The molecule has 25 heavy (non-hydrogen) atoms. The molecule has 1 fully saturated rings. The van der Waals surface area contributed by atoms with Crippen molar-refractivity contribution in [2.45, 2.75) is 32.7 Å². The molecule has 1 aliphatic heterocycles. The first-order valence-electron chi connectivity index (χ1n) is 8.52. The van der Waals surface area contributed by atoms with Gasteiger partial charge in [0.2, 0.25) is 5.91 Å². The summed E-state index contributed by atoms with van der Waals surface area (Å²) in [6, 6.07) is 7.37. The fourth-order valence-corrected chi connectivity index (χ4v) is 3.02. The summed E-state index contributed by atoms with van der Waals surface area (Å²) in [5, 5.41) is 10.0. The monoisotopic (exact) mass is 341 g/mol. The van der Waals surface area contributed by atoms with Crippen molar-refractivity contribution in [1.82, 2.24) is 20.0 Å². The normalized spacial score (nSPS) is 16.7. The summed E-state index contributed by atoms with van der Waals surface area (Å²) >= 11 is 0. The molecule has 1 aliphatic rings. The van der Waals surface area contributed by atoms with Crippen LogP contribution >= 0.6 is 0 Å². The van der Waals surface area contributed by atoms with Crippen molar-refractivity contribution in [2.24, 2.45) is 0 Å². The number of nitrogens with one attached hydrogen (secondary N) is 2. The SMILES string of the molecule is CCC(=O)N1CC[C@@H](NC(=O)Nc2ccc(-n3cccn3)cc2C)C1. The number of anilines is 1. The van der Waals surface area contributed by atoms with E-state index in [9.17, 15) is 9.59 Å². The number of likely N-dealkylation sites (tertiary alicyclic amines) is 1. The van der Waals surface area contributed by atoms with E-state index < -0.39 is 0 Å². The van der Waals surface area contributed by atoms with Crippen LogP contribution in [0.4, 0.5) is 10.5 Å². The van der Waals surface area contributed by atoms with Crippen LogP contribution in [0.3, 0.4) is 0 Å². The van der Waals surface area contributed by atoms with Gasteiger partial charge in [0, 0.05) is 43.6 Å². The number of urea groups is 1. The van der Waals surface area contributed by atoms with Gasteiger partial charge in [0.15, 0.2) is 0 Å². The lowest BCUT2D eigenvalue weighted by molar-refractivity contribution is -0.129. The Labute approximate surface area is 147 Å². The Morgan fingerprint density at radius 2 is 2.20 bits per heavy atom. The van der Waals surface area contributed by atoms with E-state index in [-0.39, 0.29) is 18.0 Å². The first-order chi connectivity index (χ1) is 12.1. The van der Waals surface area contributed by atoms with Gasteiger partial charge < -0.3 is 15.5 Å². The van der Waals surface area contributed by atoms with Crippen LogP contribution in [0.2, 0.25) is 0 Å². The van der Waals surface area contributed by atoms with Crippen LogP contribution in [-0.4, -0.2) is 45.8 Å². The molecule has 0 aliphatic carbocycles. The Morgan fingerprint density at radius 1 is 1.36 bits per heavy atom. The molecule has 1 saturated heterocycles. The number of amides is 3. The molecule has 3 amide bonds. The quantitative estimate of drug-likeness (QED) is 0.896. The number of rotatable bonds is 4. The molecule has 7 heteroatoms. The van der Waals surface area contributed by atoms with E-state index in [1.807, 2.05) is 44.3 Å². The maximum absolute atomic E-state index is 12.2. The van der Waals surface area contributed by atoms with Crippen LogP contribution < -0.4 is 10.6 Å². The van der Waals surface area contributed by atoms with Crippen LogP contribution in [0.1, 0.15) is 25.3 Å². The zero-order chi connectivity index (χ0) is 17.8. The second-order valence-electron chi connectivity index (χ2n) is 6.23. The van der Waals surface area contributed by atoms with Gasteiger partial charge >= 0.3 is 6.03 Å². The molecule has 0 unspecified atom stereocenters. The second-order valence-corrected chi connectivity index (χ2v) is 6.23. The summed E-state index contributed by atoms with van der Waals surface area (Å²) in [4.78, 5) is 25.7. The Bertz CT molecular complexity index is 757. The Hall–Kier alpha value is -2.83. The van der Waals surface area contributed by atoms with Crippen LogP contribution in [0.15, 0.2) is 36.7 Å². The highest BCUT2D eigenvalue weighted by Gasteiger charge is 2.26. The highest BCUT2D eigenvalue weighted by molar-refractivity contribution is 5.90. The lowest BCUT2D eigenvalue weighted by atomic mass is 10.2. The molecule has 0 radical (unpaired) electrons. The predicted octanol–water partition coefficient (Wildman–Crippen LogP) is 2.31. The van der Waals surface area contributed by atoms with Gasteiger partial charge in [0.25, 0.3) is 0 Å². The lowest BCUT2D eigenvalue weighted by Crippen LogP contribution is -2.40. The third-order valence-corrected chi connectivity index (χ3v) is 4.41. The maximum atomic E-state index is 12.2. The molecule has 0 bridgehead atoms. The van der Waals surface area contributed by atoms with Crippen molar-refractivity contribution < 1.29 is 9.59 Å². The molecular weight excluding hydrogens is 318 g/mol. The molecule has 2 aromatic rings. The first-order valence-corrected chi connectivity index (χ1v) is 8.52. The van der Waals surface area contributed by atoms with Gasteiger partial charge in [0.05, 0.1) is 5.69 Å². The summed E-state index contributed by atoms with van der Waals surface area (Å²) in [5.74, 6) is 0.134. The lowest BCUT2D eigenvalue weighted by Gasteiger charge is -2.17. The van der Waals surface area contributed by atoms with E-state index in [1.54, 1.807) is 15.8 Å². The van der Waals surface area contributed by atoms with E-state index in [1.165, 1.54) is 0 Å². The van der Waals surface area contributed by atoms with E-state index in [4.69, 9.17) is 0 Å². The summed E-state index contributed by atoms with van der Waals surface area (Å²) < 4.78 is 1.77. The topological polar surface area (TPSA) is 79.3 Å². The molecule has 3 rings (SSSR count). The Balaban J connectivity index is 1.57. The van der Waals surface area contributed by atoms with Crippen molar-refractivity contribution in [2.75, 3.05) is 18.4 Å². The van der Waals surface area contributed by atoms with Crippen LogP contribution in [0, 0.1) is 6.92 Å². The highest BCUT2D eigenvalue weighted by Crippen LogP contribution is 2.19. The molecule has 0 spiro atoms. The molecule has 0 saturated carbocycles. The van der Waals surface area contributed by atoms with Gasteiger partial charge in [0.1, 0.15) is 0 Å². The zero-order valence-corrected chi connectivity index (χ0v) is 14.5. The summed E-state index contributed by atoms with van der Waals surface area (Å²) in [6.45, 7) is 5.08. The number of aryl methyl sites for hydroxylation is 1. The fraction of sp³-hybridized carbons (Fsp3) is 0.389.